The van der Waals surface area contributed by atoms with E-state index in [-0.39, 0.29) is 6.09 Å². The van der Waals surface area contributed by atoms with E-state index in [9.17, 15) is 4.79 Å². The van der Waals surface area contributed by atoms with E-state index in [1.54, 1.807) is 24.3 Å². The predicted octanol–water partition coefficient (Wildman–Crippen LogP) is 4.26. The topological polar surface area (TPSA) is 38.3 Å². The van der Waals surface area contributed by atoms with Gasteiger partial charge in [-0.25, -0.2) is 4.79 Å². The summed E-state index contributed by atoms with van der Waals surface area (Å²) < 4.78 is 6.54. The number of rotatable bonds is 5. The zero-order valence-electron chi connectivity index (χ0n) is 14.8. The van der Waals surface area contributed by atoms with Crippen LogP contribution in [0.3, 0.4) is 0 Å². The number of amides is 1. The molecule has 4 nitrogen and oxygen atoms in total. The average Bonchev–Trinajstić information content (AvgIpc) is 3.08. The van der Waals surface area contributed by atoms with Crippen molar-refractivity contribution in [2.24, 2.45) is 23.7 Å². The molecule has 1 aromatic rings. The van der Waals surface area contributed by atoms with Gasteiger partial charge in [-0.05, 0) is 55.4 Å². The molecule has 4 atom stereocenters. The highest BCUT2D eigenvalue weighted by molar-refractivity contribution is 6.30. The number of carbonyl (C=O) groups excluding carboxylic acids is 1. The lowest BCUT2D eigenvalue weighted by molar-refractivity contribution is -0.874. The van der Waals surface area contributed by atoms with Gasteiger partial charge in [0, 0.05) is 22.5 Å². The first-order chi connectivity index (χ1) is 11.3. The van der Waals surface area contributed by atoms with Gasteiger partial charge >= 0.3 is 6.09 Å². The Labute approximate surface area is 149 Å². The second-order valence-electron chi connectivity index (χ2n) is 8.36. The molecule has 0 unspecified atom stereocenters. The molecule has 0 saturated heterocycles. The van der Waals surface area contributed by atoms with Crippen molar-refractivity contribution in [3.63, 3.8) is 0 Å². The molecule has 0 heterocycles. The summed E-state index contributed by atoms with van der Waals surface area (Å²) >= 11 is 5.85. The minimum Gasteiger partial charge on any atom is -0.449 e. The Morgan fingerprint density at radius 2 is 1.79 bits per heavy atom. The summed E-state index contributed by atoms with van der Waals surface area (Å²) in [5, 5.41) is 3.43. The van der Waals surface area contributed by atoms with Crippen LogP contribution in [0.5, 0.6) is 0 Å². The monoisotopic (exact) mass is 351 g/mol. The molecule has 2 aliphatic carbocycles. The van der Waals surface area contributed by atoms with Gasteiger partial charge in [0.15, 0.2) is 0 Å². The summed E-state index contributed by atoms with van der Waals surface area (Å²) in [6, 6.07) is 7.07. The molecule has 1 aromatic carbocycles. The third-order valence-electron chi connectivity index (χ3n) is 5.53. The number of nitrogens with zero attached hydrogens (tertiary/aromatic N) is 1. The molecule has 0 aromatic heterocycles. The Balaban J connectivity index is 1.54. The third-order valence-corrected chi connectivity index (χ3v) is 5.78. The van der Waals surface area contributed by atoms with Gasteiger partial charge in [0.2, 0.25) is 0 Å². The van der Waals surface area contributed by atoms with Crippen LogP contribution in [0, 0.1) is 23.7 Å². The molecule has 2 aliphatic rings. The van der Waals surface area contributed by atoms with Gasteiger partial charge in [0.05, 0.1) is 34.3 Å². The molecule has 132 valence electrons. The van der Waals surface area contributed by atoms with Crippen LogP contribution >= 0.6 is 11.6 Å². The number of anilines is 1. The molecular weight excluding hydrogens is 324 g/mol. The van der Waals surface area contributed by atoms with Gasteiger partial charge in [-0.15, -0.1) is 0 Å². The molecule has 1 N–H and O–H groups in total. The molecule has 0 spiro atoms. The smallest absolute Gasteiger partial charge is 0.411 e. The molecule has 0 aliphatic heterocycles. The average molecular weight is 352 g/mol. The van der Waals surface area contributed by atoms with Gasteiger partial charge in [-0.3, -0.25) is 5.32 Å². The number of hydrogen-bond donors (Lipinski definition) is 1. The largest absolute Gasteiger partial charge is 0.449 e. The van der Waals surface area contributed by atoms with Crippen LogP contribution in [0.2, 0.25) is 5.02 Å². The molecule has 24 heavy (non-hydrogen) atoms. The maximum Gasteiger partial charge on any atom is 0.411 e. The van der Waals surface area contributed by atoms with E-state index >= 15 is 0 Å². The summed E-state index contributed by atoms with van der Waals surface area (Å²) in [5.41, 5.74) is 0.709. The van der Waals surface area contributed by atoms with Crippen LogP contribution in [0.1, 0.15) is 19.3 Å². The molecule has 1 amide bonds. The number of quaternary nitrogens is 1. The maximum atomic E-state index is 12.1. The highest BCUT2D eigenvalue weighted by Crippen LogP contribution is 2.52. The summed E-state index contributed by atoms with van der Waals surface area (Å²) in [4.78, 5) is 12.1. The summed E-state index contributed by atoms with van der Waals surface area (Å²) in [5.74, 6) is 2.74. The number of hydrogen-bond acceptors (Lipinski definition) is 2. The first-order valence-electron chi connectivity index (χ1n) is 8.81. The molecule has 2 bridgehead atoms. The van der Waals surface area contributed by atoms with Crippen molar-refractivity contribution >= 4 is 23.4 Å². The minimum atomic E-state index is -0.371. The van der Waals surface area contributed by atoms with Crippen LogP contribution in [-0.4, -0.2) is 44.9 Å². The summed E-state index contributed by atoms with van der Waals surface area (Å²) in [6.07, 6.45) is 3.59. The van der Waals surface area contributed by atoms with Gasteiger partial charge < -0.3 is 9.22 Å². The van der Waals surface area contributed by atoms with Crippen molar-refractivity contribution in [2.75, 3.05) is 39.6 Å². The SMILES string of the molecule is C[N+](C)(C)C[C@@H]1[C@H]2CC[C@@H](C2)[C@H]1COC(=O)Nc1ccc(Cl)cc1. The van der Waals surface area contributed by atoms with Crippen LogP contribution in [0.25, 0.3) is 0 Å². The number of ether oxygens (including phenoxy) is 1. The lowest BCUT2D eigenvalue weighted by Crippen LogP contribution is -2.44. The first-order valence-corrected chi connectivity index (χ1v) is 9.19. The lowest BCUT2D eigenvalue weighted by atomic mass is 9.79. The Kier molecular flexibility index (Phi) is 5.07. The molecule has 2 fully saturated rings. The van der Waals surface area contributed by atoms with Crippen molar-refractivity contribution in [2.45, 2.75) is 19.3 Å². The summed E-state index contributed by atoms with van der Waals surface area (Å²) in [6.45, 7) is 1.69. The fourth-order valence-electron chi connectivity index (χ4n) is 4.57. The number of carbonyl (C=O) groups is 1. The van der Waals surface area contributed by atoms with Crippen molar-refractivity contribution in [3.05, 3.63) is 29.3 Å². The molecule has 3 rings (SSSR count). The van der Waals surface area contributed by atoms with E-state index in [0.29, 0.717) is 29.2 Å². The van der Waals surface area contributed by atoms with Gasteiger partial charge in [-0.1, -0.05) is 11.6 Å². The normalized spacial score (nSPS) is 28.8. The molecule has 0 radical (unpaired) electrons. The van der Waals surface area contributed by atoms with Gasteiger partial charge in [0.25, 0.3) is 0 Å². The van der Waals surface area contributed by atoms with Crippen molar-refractivity contribution in [3.8, 4) is 0 Å². The quantitative estimate of drug-likeness (QED) is 0.805. The molecule has 5 heteroatoms. The Morgan fingerprint density at radius 3 is 2.42 bits per heavy atom. The zero-order chi connectivity index (χ0) is 17.3. The molecule has 2 saturated carbocycles. The highest BCUT2D eigenvalue weighted by Gasteiger charge is 2.49. The van der Waals surface area contributed by atoms with E-state index in [4.69, 9.17) is 16.3 Å². The third kappa shape index (κ3) is 4.22. The van der Waals surface area contributed by atoms with Gasteiger partial charge in [-0.2, -0.15) is 0 Å². The van der Waals surface area contributed by atoms with Crippen LogP contribution in [0.15, 0.2) is 24.3 Å². The van der Waals surface area contributed by atoms with E-state index in [1.807, 2.05) is 0 Å². The Hall–Kier alpha value is -1.26. The van der Waals surface area contributed by atoms with Crippen LogP contribution in [0.4, 0.5) is 10.5 Å². The number of benzene rings is 1. The number of fused-ring (bicyclic) bond motifs is 2. The van der Waals surface area contributed by atoms with Crippen LogP contribution < -0.4 is 5.32 Å². The predicted molar refractivity (Wildman–Crippen MR) is 97.1 cm³/mol. The van der Waals surface area contributed by atoms with E-state index in [1.165, 1.54) is 19.3 Å². The second kappa shape index (κ2) is 6.93. The lowest BCUT2D eigenvalue weighted by Gasteiger charge is -2.36. The Morgan fingerprint density at radius 1 is 1.17 bits per heavy atom. The first kappa shape index (κ1) is 17.6. The van der Waals surface area contributed by atoms with Gasteiger partial charge in [0.1, 0.15) is 0 Å². The maximum absolute atomic E-state index is 12.1. The second-order valence-corrected chi connectivity index (χ2v) is 8.80. The summed E-state index contributed by atoms with van der Waals surface area (Å²) in [7, 11) is 6.74. The highest BCUT2D eigenvalue weighted by atomic mass is 35.5. The van der Waals surface area contributed by atoms with Crippen molar-refractivity contribution in [1.82, 2.24) is 0 Å². The number of nitrogens with one attached hydrogen (secondary N) is 1. The van der Waals surface area contributed by atoms with E-state index in [2.05, 4.69) is 26.5 Å². The van der Waals surface area contributed by atoms with Crippen LogP contribution in [-0.2, 0) is 4.74 Å². The van der Waals surface area contributed by atoms with E-state index < -0.39 is 0 Å². The Bertz CT molecular complexity index is 582. The standard InChI is InChI=1S/C19H27ClN2O2/c1-22(2,3)11-17-13-4-5-14(10-13)18(17)12-24-19(23)21-16-8-6-15(20)7-9-16/h6-9,13-14,17-18H,4-5,10-12H2,1-3H3/p+1/t13-,14-,17+,18+/m0/s1. The van der Waals surface area contributed by atoms with Crippen molar-refractivity contribution in [1.29, 1.82) is 0 Å². The van der Waals surface area contributed by atoms with E-state index in [0.717, 1.165) is 22.9 Å². The van der Waals surface area contributed by atoms with Crippen molar-refractivity contribution < 1.29 is 14.0 Å². The number of halogens is 1. The fourth-order valence-corrected chi connectivity index (χ4v) is 4.69. The fraction of sp³-hybridized carbons (Fsp3) is 0.632. The zero-order valence-corrected chi connectivity index (χ0v) is 15.6. The molecular formula is C19H28ClN2O2+. The minimum absolute atomic E-state index is 0.371.